The predicted octanol–water partition coefficient (Wildman–Crippen LogP) is 3.25. The molecule has 1 heterocycles. The molecule has 0 spiro atoms. The molecule has 0 bridgehead atoms. The maximum absolute atomic E-state index is 12.2. The van der Waals surface area contributed by atoms with Crippen molar-refractivity contribution in [1.82, 2.24) is 15.5 Å². The van der Waals surface area contributed by atoms with Crippen LogP contribution in [0.4, 0.5) is 0 Å². The standard InChI is InChI=1S/C20H21N3O2/c1-14-3-7-16(8-4-14)20-17(13-22-23-20)12-21-19(24)11-15-5-9-18(25-2)10-6-15/h3-10,13H,11-12H2,1-2H3,(H,21,24)(H,22,23). The van der Waals surface area contributed by atoms with Gasteiger partial charge >= 0.3 is 0 Å². The van der Waals surface area contributed by atoms with Crippen LogP contribution in [0, 0.1) is 6.92 Å². The van der Waals surface area contributed by atoms with E-state index in [1.165, 1.54) is 5.56 Å². The van der Waals surface area contributed by atoms with Crippen LogP contribution < -0.4 is 10.1 Å². The third-order valence-corrected chi connectivity index (χ3v) is 4.06. The van der Waals surface area contributed by atoms with E-state index in [-0.39, 0.29) is 5.91 Å². The molecule has 0 saturated carbocycles. The highest BCUT2D eigenvalue weighted by Crippen LogP contribution is 2.21. The summed E-state index contributed by atoms with van der Waals surface area (Å²) in [7, 11) is 1.62. The first-order chi connectivity index (χ1) is 12.2. The zero-order valence-electron chi connectivity index (χ0n) is 14.4. The molecule has 3 rings (SSSR count). The van der Waals surface area contributed by atoms with Crippen molar-refractivity contribution in [3.8, 4) is 17.0 Å². The van der Waals surface area contributed by atoms with E-state index in [2.05, 4.69) is 34.6 Å². The summed E-state index contributed by atoms with van der Waals surface area (Å²) < 4.78 is 5.12. The number of ether oxygens (including phenoxy) is 1. The minimum atomic E-state index is -0.0266. The summed E-state index contributed by atoms with van der Waals surface area (Å²) in [6.45, 7) is 2.49. The number of amides is 1. The monoisotopic (exact) mass is 335 g/mol. The highest BCUT2D eigenvalue weighted by molar-refractivity contribution is 5.78. The van der Waals surface area contributed by atoms with Crippen LogP contribution in [0.1, 0.15) is 16.7 Å². The van der Waals surface area contributed by atoms with Crippen LogP contribution in [0.3, 0.4) is 0 Å². The van der Waals surface area contributed by atoms with E-state index < -0.39 is 0 Å². The molecule has 5 nitrogen and oxygen atoms in total. The van der Waals surface area contributed by atoms with Gasteiger partial charge < -0.3 is 10.1 Å². The second kappa shape index (κ2) is 7.66. The molecule has 1 amide bonds. The van der Waals surface area contributed by atoms with Crippen LogP contribution in [-0.2, 0) is 17.8 Å². The molecule has 0 saturated heterocycles. The van der Waals surface area contributed by atoms with Crippen molar-refractivity contribution in [3.63, 3.8) is 0 Å². The zero-order chi connectivity index (χ0) is 17.6. The molecule has 5 heteroatoms. The lowest BCUT2D eigenvalue weighted by atomic mass is 10.1. The fourth-order valence-electron chi connectivity index (χ4n) is 2.60. The number of aromatic amines is 1. The van der Waals surface area contributed by atoms with E-state index in [0.717, 1.165) is 28.1 Å². The summed E-state index contributed by atoms with van der Waals surface area (Å²) in [6, 6.07) is 15.7. The molecular formula is C20H21N3O2. The number of hydrogen-bond acceptors (Lipinski definition) is 3. The number of benzene rings is 2. The number of carbonyl (C=O) groups excluding carboxylic acids is 1. The van der Waals surface area contributed by atoms with Crippen LogP contribution in [0.2, 0.25) is 0 Å². The molecule has 2 aromatic carbocycles. The maximum Gasteiger partial charge on any atom is 0.224 e. The van der Waals surface area contributed by atoms with E-state index in [1.807, 2.05) is 36.4 Å². The van der Waals surface area contributed by atoms with Gasteiger partial charge in [0.15, 0.2) is 0 Å². The van der Waals surface area contributed by atoms with Gasteiger partial charge in [0.05, 0.1) is 25.4 Å². The van der Waals surface area contributed by atoms with Crippen LogP contribution in [0.5, 0.6) is 5.75 Å². The molecule has 128 valence electrons. The van der Waals surface area contributed by atoms with Crippen molar-refractivity contribution in [1.29, 1.82) is 0 Å². The second-order valence-electron chi connectivity index (χ2n) is 5.94. The Morgan fingerprint density at radius 2 is 1.84 bits per heavy atom. The molecular weight excluding hydrogens is 314 g/mol. The maximum atomic E-state index is 12.2. The Kier molecular flexibility index (Phi) is 5.14. The number of nitrogens with zero attached hydrogens (tertiary/aromatic N) is 1. The molecule has 0 fully saturated rings. The number of methoxy groups -OCH3 is 1. The lowest BCUT2D eigenvalue weighted by Gasteiger charge is -2.07. The predicted molar refractivity (Wildman–Crippen MR) is 97.3 cm³/mol. The smallest absolute Gasteiger partial charge is 0.224 e. The summed E-state index contributed by atoms with van der Waals surface area (Å²) in [5.74, 6) is 0.756. The molecule has 1 aromatic heterocycles. The molecule has 0 radical (unpaired) electrons. The largest absolute Gasteiger partial charge is 0.497 e. The van der Waals surface area contributed by atoms with Crippen molar-refractivity contribution >= 4 is 5.91 Å². The van der Waals surface area contributed by atoms with E-state index >= 15 is 0 Å². The van der Waals surface area contributed by atoms with Crippen molar-refractivity contribution < 1.29 is 9.53 Å². The van der Waals surface area contributed by atoms with E-state index in [9.17, 15) is 4.79 Å². The lowest BCUT2D eigenvalue weighted by Crippen LogP contribution is -2.24. The molecule has 0 aliphatic carbocycles. The van der Waals surface area contributed by atoms with E-state index in [1.54, 1.807) is 13.3 Å². The topological polar surface area (TPSA) is 67.0 Å². The number of rotatable bonds is 6. The van der Waals surface area contributed by atoms with Gasteiger partial charge in [0.1, 0.15) is 5.75 Å². The first kappa shape index (κ1) is 16.8. The molecule has 0 aliphatic heterocycles. The van der Waals surface area contributed by atoms with Gasteiger partial charge in [0.25, 0.3) is 0 Å². The van der Waals surface area contributed by atoms with Crippen LogP contribution >= 0.6 is 0 Å². The number of hydrogen-bond donors (Lipinski definition) is 2. The minimum absolute atomic E-state index is 0.0266. The van der Waals surface area contributed by atoms with Crippen molar-refractivity contribution in [2.24, 2.45) is 0 Å². The lowest BCUT2D eigenvalue weighted by molar-refractivity contribution is -0.120. The van der Waals surface area contributed by atoms with Gasteiger partial charge in [-0.2, -0.15) is 5.10 Å². The summed E-state index contributed by atoms with van der Waals surface area (Å²) in [5, 5.41) is 10.1. The average Bonchev–Trinajstić information content (AvgIpc) is 3.10. The van der Waals surface area contributed by atoms with Gasteiger partial charge in [-0.25, -0.2) is 0 Å². The Morgan fingerprint density at radius 1 is 1.12 bits per heavy atom. The normalized spacial score (nSPS) is 10.5. The summed E-state index contributed by atoms with van der Waals surface area (Å²) >= 11 is 0. The van der Waals surface area contributed by atoms with Crippen LogP contribution in [-0.4, -0.2) is 23.2 Å². The van der Waals surface area contributed by atoms with Gasteiger partial charge in [0.2, 0.25) is 5.91 Å². The van der Waals surface area contributed by atoms with Crippen molar-refractivity contribution in [3.05, 3.63) is 71.4 Å². The molecule has 3 aromatic rings. The SMILES string of the molecule is COc1ccc(CC(=O)NCc2cn[nH]c2-c2ccc(C)cc2)cc1. The molecule has 0 atom stereocenters. The van der Waals surface area contributed by atoms with E-state index in [4.69, 9.17) is 4.74 Å². The van der Waals surface area contributed by atoms with Crippen molar-refractivity contribution in [2.75, 3.05) is 7.11 Å². The van der Waals surface area contributed by atoms with Gasteiger partial charge in [-0.15, -0.1) is 0 Å². The van der Waals surface area contributed by atoms with Crippen LogP contribution in [0.25, 0.3) is 11.3 Å². The van der Waals surface area contributed by atoms with E-state index in [0.29, 0.717) is 13.0 Å². The van der Waals surface area contributed by atoms with Gasteiger partial charge in [0, 0.05) is 12.1 Å². The average molecular weight is 335 g/mol. The molecule has 25 heavy (non-hydrogen) atoms. The Labute approximate surface area is 147 Å². The molecule has 0 aliphatic rings. The molecule has 2 N–H and O–H groups in total. The second-order valence-corrected chi connectivity index (χ2v) is 5.94. The third-order valence-electron chi connectivity index (χ3n) is 4.06. The number of H-pyrrole nitrogens is 1. The first-order valence-corrected chi connectivity index (χ1v) is 8.14. The fourth-order valence-corrected chi connectivity index (χ4v) is 2.60. The Hall–Kier alpha value is -3.08. The first-order valence-electron chi connectivity index (χ1n) is 8.14. The number of carbonyl (C=O) groups is 1. The highest BCUT2D eigenvalue weighted by Gasteiger charge is 2.10. The van der Waals surface area contributed by atoms with Gasteiger partial charge in [-0.05, 0) is 30.2 Å². The minimum Gasteiger partial charge on any atom is -0.497 e. The third kappa shape index (κ3) is 4.26. The fraction of sp³-hybridized carbons (Fsp3) is 0.200. The summed E-state index contributed by atoms with van der Waals surface area (Å²) in [5.41, 5.74) is 5.11. The number of nitrogens with one attached hydrogen (secondary N) is 2. The van der Waals surface area contributed by atoms with Crippen molar-refractivity contribution in [2.45, 2.75) is 19.9 Å². The summed E-state index contributed by atoms with van der Waals surface area (Å²) in [6.07, 6.45) is 2.09. The highest BCUT2D eigenvalue weighted by atomic mass is 16.5. The Balaban J connectivity index is 1.61. The summed E-state index contributed by atoms with van der Waals surface area (Å²) in [4.78, 5) is 12.2. The quantitative estimate of drug-likeness (QED) is 0.727. The Morgan fingerprint density at radius 3 is 2.52 bits per heavy atom. The van der Waals surface area contributed by atoms with Gasteiger partial charge in [-0.3, -0.25) is 9.89 Å². The number of aryl methyl sites for hydroxylation is 1. The molecule has 0 unspecified atom stereocenters. The zero-order valence-corrected chi connectivity index (χ0v) is 14.4. The van der Waals surface area contributed by atoms with Gasteiger partial charge in [-0.1, -0.05) is 42.0 Å². The number of aromatic nitrogens is 2. The van der Waals surface area contributed by atoms with Crippen LogP contribution in [0.15, 0.2) is 54.7 Å². The Bertz CT molecular complexity index is 836.